The van der Waals surface area contributed by atoms with E-state index < -0.39 is 0 Å². The van der Waals surface area contributed by atoms with Crippen LogP contribution in [0.1, 0.15) is 0 Å². The zero-order chi connectivity index (χ0) is 0. The van der Waals surface area contributed by atoms with Crippen molar-refractivity contribution in [3.8, 4) is 0 Å². The van der Waals surface area contributed by atoms with E-state index >= 15 is 0 Å². The van der Waals surface area contributed by atoms with Gasteiger partial charge in [-0.2, -0.15) is 0 Å². The Balaban J connectivity index is 0. The van der Waals surface area contributed by atoms with Crippen molar-refractivity contribution >= 4 is 45.6 Å². The minimum Gasteiger partial charge on any atom is 0 e. The Morgan fingerprint density at radius 2 is 1.00 bits per heavy atom. The first-order valence-electron chi connectivity index (χ1n) is 0. The van der Waals surface area contributed by atoms with Crippen LogP contribution in [0, 0.1) is 35.6 Å². The fourth-order valence-corrected chi connectivity index (χ4v) is 0. The molecule has 4 heteroatoms. The van der Waals surface area contributed by atoms with Crippen molar-refractivity contribution in [2.24, 2.45) is 0 Å². The molecule has 0 atom stereocenters. The van der Waals surface area contributed by atoms with Crippen LogP contribution in [-0.2, 0) is 19.5 Å². The summed E-state index contributed by atoms with van der Waals surface area (Å²) in [6, 6.07) is 0. The van der Waals surface area contributed by atoms with Gasteiger partial charge in [-0.15, -0.1) is 0 Å². The second kappa shape index (κ2) is 16.2. The third-order valence-electron chi connectivity index (χ3n) is 0. The zero-order valence-electron chi connectivity index (χ0n) is 1.28. The maximum Gasteiger partial charge on any atom is 0 e. The van der Waals surface area contributed by atoms with Crippen LogP contribution in [0.4, 0.5) is 0 Å². The molecule has 0 fully saturated rings. The van der Waals surface area contributed by atoms with Gasteiger partial charge in [0.25, 0.3) is 0 Å². The summed E-state index contributed by atoms with van der Waals surface area (Å²) in [5.74, 6) is 0. The predicted molar refractivity (Wildman–Crippen MR) is 19.9 cm³/mol. The van der Waals surface area contributed by atoms with Crippen LogP contribution in [0.25, 0.3) is 0 Å². The van der Waals surface area contributed by atoms with Gasteiger partial charge in [-0.25, -0.2) is 0 Å². The van der Waals surface area contributed by atoms with E-state index in [2.05, 4.69) is 0 Å². The molecular formula is H6GaInLaZn. The van der Waals surface area contributed by atoms with E-state index in [1.54, 1.807) is 0 Å². The molecule has 0 aliphatic heterocycles. The maximum atomic E-state index is 0. The van der Waals surface area contributed by atoms with Crippen molar-refractivity contribution in [1.82, 2.24) is 0 Å². The van der Waals surface area contributed by atoms with Crippen molar-refractivity contribution in [2.45, 2.75) is 0 Å². The molecule has 0 aromatic rings. The van der Waals surface area contributed by atoms with Crippen molar-refractivity contribution < 1.29 is 55.1 Å². The Kier molecular flexibility index (Phi) is 108. The Labute approximate surface area is 98.4 Å². The van der Waals surface area contributed by atoms with E-state index in [0.717, 1.165) is 0 Å². The first kappa shape index (κ1) is 26.5. The van der Waals surface area contributed by atoms with Gasteiger partial charge in [0.05, 0.1) is 0 Å². The molecule has 0 bridgehead atoms. The smallest absolute Gasteiger partial charge is 0 e. The molecule has 1 radical (unpaired) electrons. The molecule has 0 unspecified atom stereocenters. The monoisotopic (exact) mass is 393 g/mol. The first-order valence-corrected chi connectivity index (χ1v) is 0. The van der Waals surface area contributed by atoms with E-state index in [0.29, 0.717) is 0 Å². The topological polar surface area (TPSA) is 0 Å². The molecule has 0 rings (SSSR count). The van der Waals surface area contributed by atoms with Gasteiger partial charge in [0.2, 0.25) is 0 Å². The molecule has 0 heterocycles. The Morgan fingerprint density at radius 3 is 1.00 bits per heavy atom. The van der Waals surface area contributed by atoms with Gasteiger partial charge < -0.3 is 0 Å². The molecule has 0 nitrogen and oxygen atoms in total. The van der Waals surface area contributed by atoms with E-state index in [1.807, 2.05) is 0 Å². The van der Waals surface area contributed by atoms with Crippen LogP contribution in [0.15, 0.2) is 0 Å². The zero-order valence-corrected chi connectivity index (χ0v) is 7.88. The van der Waals surface area contributed by atoms with Crippen LogP contribution >= 0.6 is 0 Å². The summed E-state index contributed by atoms with van der Waals surface area (Å²) in [5.41, 5.74) is 0. The summed E-state index contributed by atoms with van der Waals surface area (Å²) >= 11 is 0. The minimum atomic E-state index is 0. The number of rotatable bonds is 0. The van der Waals surface area contributed by atoms with Crippen LogP contribution in [0.2, 0.25) is 0 Å². The molecule has 0 spiro atoms. The average Bonchev–Trinajstić information content (AvgIpc) is 0. The van der Waals surface area contributed by atoms with E-state index in [4.69, 9.17) is 0 Å². The fraction of sp³-hybridized carbons (Fsp3) is 0. The van der Waals surface area contributed by atoms with Crippen LogP contribution in [-0.4, -0.2) is 45.6 Å². The first-order chi connectivity index (χ1) is 0. The maximum absolute atomic E-state index is 0. The van der Waals surface area contributed by atoms with Gasteiger partial charge in [0, 0.05) is 55.1 Å². The average molecular weight is 395 g/mol. The summed E-state index contributed by atoms with van der Waals surface area (Å²) < 4.78 is 0. The molecular weight excluding hydrogens is 389 g/mol. The van der Waals surface area contributed by atoms with Gasteiger partial charge in [-0.3, -0.25) is 0 Å². The molecule has 0 aliphatic carbocycles. The summed E-state index contributed by atoms with van der Waals surface area (Å²) in [7, 11) is 0. The second-order valence-electron chi connectivity index (χ2n) is 0. The van der Waals surface area contributed by atoms with Gasteiger partial charge >= 0.3 is 45.6 Å². The van der Waals surface area contributed by atoms with E-state index in [9.17, 15) is 0 Å². The van der Waals surface area contributed by atoms with Gasteiger partial charge in [-0.05, 0) is 0 Å². The molecule has 4 heavy (non-hydrogen) atoms. The summed E-state index contributed by atoms with van der Waals surface area (Å²) in [6.45, 7) is 0. The van der Waals surface area contributed by atoms with Crippen molar-refractivity contribution in [1.29, 1.82) is 0 Å². The molecule has 0 N–H and O–H groups in total. The van der Waals surface area contributed by atoms with Crippen molar-refractivity contribution in [3.05, 3.63) is 0 Å². The van der Waals surface area contributed by atoms with E-state index in [-0.39, 0.29) is 101 Å². The van der Waals surface area contributed by atoms with Gasteiger partial charge in [0.1, 0.15) is 0 Å². The molecule has 0 amide bonds. The largest absolute Gasteiger partial charge is 0 e. The normalized spacial score (nSPS) is 0. The Bertz CT molecular complexity index is 8.00. The van der Waals surface area contributed by atoms with Gasteiger partial charge in [-0.1, -0.05) is 0 Å². The molecule has 0 aromatic carbocycles. The molecule has 0 aliphatic rings. The van der Waals surface area contributed by atoms with Crippen molar-refractivity contribution in [3.63, 3.8) is 0 Å². The SMILES string of the molecule is [GaH3].[InH3].[La].[Zn]. The third-order valence-corrected chi connectivity index (χ3v) is 0. The fourth-order valence-electron chi connectivity index (χ4n) is 0. The van der Waals surface area contributed by atoms with Crippen LogP contribution < -0.4 is 0 Å². The number of hydrogen-bond acceptors (Lipinski definition) is 0. The third kappa shape index (κ3) is 9.01. The number of hydrogen-bond donors (Lipinski definition) is 0. The standard InChI is InChI=1S/Ga.In.La.Zn.6H. The summed E-state index contributed by atoms with van der Waals surface area (Å²) in [4.78, 5) is 0. The molecule has 0 saturated heterocycles. The second-order valence-corrected chi connectivity index (χ2v) is 0. The predicted octanol–water partition coefficient (Wildman–Crippen LogP) is -2.37. The van der Waals surface area contributed by atoms with Gasteiger partial charge in [0.15, 0.2) is 0 Å². The minimum absolute atomic E-state index is 0. The summed E-state index contributed by atoms with van der Waals surface area (Å²) in [6.07, 6.45) is 0. The molecule has 0 saturated carbocycles. The Morgan fingerprint density at radius 1 is 1.00 bits per heavy atom. The quantitative estimate of drug-likeness (QED) is 0.403. The van der Waals surface area contributed by atoms with Crippen molar-refractivity contribution in [2.75, 3.05) is 0 Å². The van der Waals surface area contributed by atoms with E-state index in [1.165, 1.54) is 0 Å². The molecule has 0 aromatic heterocycles. The van der Waals surface area contributed by atoms with Crippen LogP contribution in [0.5, 0.6) is 0 Å². The Hall–Kier alpha value is 3.32. The van der Waals surface area contributed by atoms with Crippen LogP contribution in [0.3, 0.4) is 0 Å². The summed E-state index contributed by atoms with van der Waals surface area (Å²) in [5, 5.41) is 0. The molecule has 17 valence electrons.